The number of rotatable bonds is 2. The van der Waals surface area contributed by atoms with Gasteiger partial charge in [0.25, 0.3) is 5.91 Å². The molecule has 88 valence electrons. The highest BCUT2D eigenvalue weighted by atomic mass is 16.5. The van der Waals surface area contributed by atoms with Crippen molar-refractivity contribution in [3.63, 3.8) is 0 Å². The number of nitrogens with zero attached hydrogens (tertiary/aromatic N) is 2. The van der Waals surface area contributed by atoms with Crippen molar-refractivity contribution in [2.45, 2.75) is 38.3 Å². The van der Waals surface area contributed by atoms with Gasteiger partial charge in [0.2, 0.25) is 5.76 Å². The van der Waals surface area contributed by atoms with Gasteiger partial charge in [0, 0.05) is 24.7 Å². The van der Waals surface area contributed by atoms with Gasteiger partial charge in [-0.25, -0.2) is 0 Å². The maximum absolute atomic E-state index is 12.1. The SMILES string of the molecule is CC(N)C1CCCCN1C(=O)c1ccno1. The lowest BCUT2D eigenvalue weighted by molar-refractivity contribution is 0.0542. The molecule has 2 atom stereocenters. The molecule has 5 heteroatoms. The topological polar surface area (TPSA) is 72.4 Å². The highest BCUT2D eigenvalue weighted by molar-refractivity contribution is 5.91. The van der Waals surface area contributed by atoms with Crippen LogP contribution in [0.2, 0.25) is 0 Å². The van der Waals surface area contributed by atoms with Gasteiger partial charge in [-0.3, -0.25) is 4.79 Å². The normalized spacial score (nSPS) is 23.1. The molecule has 1 aliphatic rings. The van der Waals surface area contributed by atoms with Crippen LogP contribution in [-0.4, -0.2) is 34.6 Å². The van der Waals surface area contributed by atoms with Crippen LogP contribution in [0, 0.1) is 0 Å². The van der Waals surface area contributed by atoms with Crippen LogP contribution >= 0.6 is 0 Å². The third-order valence-electron chi connectivity index (χ3n) is 3.07. The second-order valence-corrected chi connectivity index (χ2v) is 4.30. The molecule has 1 aromatic rings. The molecule has 1 amide bonds. The van der Waals surface area contributed by atoms with Crippen LogP contribution in [0.5, 0.6) is 0 Å². The molecule has 0 bridgehead atoms. The van der Waals surface area contributed by atoms with Crippen LogP contribution < -0.4 is 5.73 Å². The number of nitrogens with two attached hydrogens (primary N) is 1. The minimum absolute atomic E-state index is 0.00725. The zero-order chi connectivity index (χ0) is 11.5. The molecule has 2 unspecified atom stereocenters. The molecule has 0 aliphatic carbocycles. The monoisotopic (exact) mass is 223 g/mol. The smallest absolute Gasteiger partial charge is 0.292 e. The van der Waals surface area contributed by atoms with Crippen LogP contribution in [0.4, 0.5) is 0 Å². The molecule has 5 nitrogen and oxygen atoms in total. The largest absolute Gasteiger partial charge is 0.351 e. The molecule has 0 saturated carbocycles. The first-order valence-corrected chi connectivity index (χ1v) is 5.67. The standard InChI is InChI=1S/C11H17N3O2/c1-8(12)9-4-2-3-7-14(9)11(15)10-5-6-13-16-10/h5-6,8-9H,2-4,7,12H2,1H3. The van der Waals surface area contributed by atoms with Gasteiger partial charge in [-0.15, -0.1) is 0 Å². The van der Waals surface area contributed by atoms with E-state index in [2.05, 4.69) is 5.16 Å². The van der Waals surface area contributed by atoms with Gasteiger partial charge in [-0.05, 0) is 26.2 Å². The average molecular weight is 223 g/mol. The van der Waals surface area contributed by atoms with Gasteiger partial charge in [0.1, 0.15) is 0 Å². The minimum Gasteiger partial charge on any atom is -0.351 e. The molecule has 1 aliphatic heterocycles. The maximum Gasteiger partial charge on any atom is 0.292 e. The van der Waals surface area contributed by atoms with E-state index >= 15 is 0 Å². The van der Waals surface area contributed by atoms with E-state index in [-0.39, 0.29) is 18.0 Å². The zero-order valence-electron chi connectivity index (χ0n) is 9.43. The van der Waals surface area contributed by atoms with Crippen molar-refractivity contribution in [2.75, 3.05) is 6.54 Å². The van der Waals surface area contributed by atoms with Crippen LogP contribution in [0.15, 0.2) is 16.8 Å². The van der Waals surface area contributed by atoms with Crippen molar-refractivity contribution in [1.29, 1.82) is 0 Å². The molecule has 0 radical (unpaired) electrons. The second kappa shape index (κ2) is 4.65. The van der Waals surface area contributed by atoms with Gasteiger partial charge < -0.3 is 15.2 Å². The molecule has 1 aromatic heterocycles. The summed E-state index contributed by atoms with van der Waals surface area (Å²) in [7, 11) is 0. The van der Waals surface area contributed by atoms with E-state index in [1.807, 2.05) is 11.8 Å². The van der Waals surface area contributed by atoms with Crippen molar-refractivity contribution in [3.05, 3.63) is 18.0 Å². The van der Waals surface area contributed by atoms with Gasteiger partial charge in [-0.2, -0.15) is 0 Å². The Balaban J connectivity index is 2.14. The van der Waals surface area contributed by atoms with Gasteiger partial charge in [-0.1, -0.05) is 5.16 Å². The minimum atomic E-state index is -0.0977. The zero-order valence-corrected chi connectivity index (χ0v) is 9.43. The summed E-state index contributed by atoms with van der Waals surface area (Å²) in [5, 5.41) is 3.55. The van der Waals surface area contributed by atoms with Crippen LogP contribution in [0.3, 0.4) is 0 Å². The van der Waals surface area contributed by atoms with Crippen LogP contribution in [0.1, 0.15) is 36.7 Å². The first-order chi connectivity index (χ1) is 7.70. The predicted octanol–water partition coefficient (Wildman–Crippen LogP) is 1.02. The molecular weight excluding hydrogens is 206 g/mol. The van der Waals surface area contributed by atoms with Crippen molar-refractivity contribution in [2.24, 2.45) is 5.73 Å². The van der Waals surface area contributed by atoms with E-state index in [0.717, 1.165) is 25.8 Å². The lowest BCUT2D eigenvalue weighted by Crippen LogP contribution is -2.51. The number of likely N-dealkylation sites (tertiary alicyclic amines) is 1. The Morgan fingerprint density at radius 3 is 3.12 bits per heavy atom. The lowest BCUT2D eigenvalue weighted by atomic mass is 9.96. The van der Waals surface area contributed by atoms with E-state index in [1.165, 1.54) is 6.20 Å². The number of amides is 1. The van der Waals surface area contributed by atoms with Crippen LogP contribution in [-0.2, 0) is 0 Å². The Labute approximate surface area is 94.6 Å². The van der Waals surface area contributed by atoms with E-state index in [0.29, 0.717) is 5.76 Å². The fourth-order valence-corrected chi connectivity index (χ4v) is 2.22. The van der Waals surface area contributed by atoms with Gasteiger partial charge in [0.15, 0.2) is 0 Å². The lowest BCUT2D eigenvalue weighted by Gasteiger charge is -2.37. The quantitative estimate of drug-likeness (QED) is 0.812. The Morgan fingerprint density at radius 1 is 1.69 bits per heavy atom. The highest BCUT2D eigenvalue weighted by Gasteiger charge is 2.31. The third-order valence-corrected chi connectivity index (χ3v) is 3.07. The van der Waals surface area contributed by atoms with Crippen molar-refractivity contribution < 1.29 is 9.32 Å². The molecule has 2 heterocycles. The molecule has 0 aromatic carbocycles. The Bertz CT molecular complexity index is 348. The summed E-state index contributed by atoms with van der Waals surface area (Å²) < 4.78 is 4.89. The molecule has 1 saturated heterocycles. The molecule has 2 rings (SSSR count). The van der Waals surface area contributed by atoms with E-state index < -0.39 is 0 Å². The number of carbonyl (C=O) groups excluding carboxylic acids is 1. The maximum atomic E-state index is 12.1. The molecule has 1 fully saturated rings. The van der Waals surface area contributed by atoms with E-state index in [4.69, 9.17) is 10.3 Å². The first kappa shape index (κ1) is 11.1. The highest BCUT2D eigenvalue weighted by Crippen LogP contribution is 2.21. The summed E-state index contributed by atoms with van der Waals surface area (Å²) in [6.45, 7) is 2.70. The van der Waals surface area contributed by atoms with Crippen LogP contribution in [0.25, 0.3) is 0 Å². The second-order valence-electron chi connectivity index (χ2n) is 4.30. The van der Waals surface area contributed by atoms with Gasteiger partial charge >= 0.3 is 0 Å². The molecule has 2 N–H and O–H groups in total. The van der Waals surface area contributed by atoms with E-state index in [9.17, 15) is 4.79 Å². The molecule has 16 heavy (non-hydrogen) atoms. The number of aromatic nitrogens is 1. The van der Waals surface area contributed by atoms with Gasteiger partial charge in [0.05, 0.1) is 6.20 Å². The summed E-state index contributed by atoms with van der Waals surface area (Å²) in [5.41, 5.74) is 5.91. The van der Waals surface area contributed by atoms with E-state index in [1.54, 1.807) is 6.07 Å². The number of carbonyl (C=O) groups is 1. The fourth-order valence-electron chi connectivity index (χ4n) is 2.22. The Hall–Kier alpha value is -1.36. The molecular formula is C11H17N3O2. The number of hydrogen-bond donors (Lipinski definition) is 1. The number of piperidine rings is 1. The molecule has 0 spiro atoms. The average Bonchev–Trinajstić information content (AvgIpc) is 2.81. The summed E-state index contributed by atoms with van der Waals surface area (Å²) in [4.78, 5) is 13.9. The summed E-state index contributed by atoms with van der Waals surface area (Å²) in [6.07, 6.45) is 4.62. The Kier molecular flexibility index (Phi) is 3.24. The fraction of sp³-hybridized carbons (Fsp3) is 0.636. The van der Waals surface area contributed by atoms with Crippen molar-refractivity contribution in [1.82, 2.24) is 10.1 Å². The first-order valence-electron chi connectivity index (χ1n) is 5.67. The summed E-state index contributed by atoms with van der Waals surface area (Å²) >= 11 is 0. The summed E-state index contributed by atoms with van der Waals surface area (Å²) in [6, 6.07) is 1.70. The number of hydrogen-bond acceptors (Lipinski definition) is 4. The Morgan fingerprint density at radius 2 is 2.50 bits per heavy atom. The summed E-state index contributed by atoms with van der Waals surface area (Å²) in [5.74, 6) is 0.201. The van der Waals surface area contributed by atoms with Crippen molar-refractivity contribution in [3.8, 4) is 0 Å². The van der Waals surface area contributed by atoms with Crippen molar-refractivity contribution >= 4 is 5.91 Å². The predicted molar refractivity (Wildman–Crippen MR) is 58.8 cm³/mol. The third kappa shape index (κ3) is 2.09.